The van der Waals surface area contributed by atoms with Crippen molar-refractivity contribution in [1.29, 1.82) is 0 Å². The molecule has 0 aromatic heterocycles. The zero-order valence-electron chi connectivity index (χ0n) is 8.58. The van der Waals surface area contributed by atoms with E-state index in [1.54, 1.807) is 0 Å². The van der Waals surface area contributed by atoms with Crippen molar-refractivity contribution in [3.8, 4) is 0 Å². The maximum absolute atomic E-state index is 3.43. The van der Waals surface area contributed by atoms with Gasteiger partial charge in [0.2, 0.25) is 0 Å². The highest BCUT2D eigenvalue weighted by molar-refractivity contribution is 5.42. The number of hydrogen-bond acceptors (Lipinski definition) is 2. The smallest absolute Gasteiger partial charge is 0.0340 e. The quantitative estimate of drug-likeness (QED) is 0.783. The third-order valence-corrected chi connectivity index (χ3v) is 2.73. The number of para-hydroxylation sites is 1. The molecular weight excluding hydrogens is 172 g/mol. The number of hydrogen-bond donors (Lipinski definition) is 1. The van der Waals surface area contributed by atoms with E-state index in [0.717, 1.165) is 6.54 Å². The summed E-state index contributed by atoms with van der Waals surface area (Å²) in [6.07, 6.45) is 2.76. The van der Waals surface area contributed by atoms with Gasteiger partial charge in [0.05, 0.1) is 0 Å². The summed E-state index contributed by atoms with van der Waals surface area (Å²) < 4.78 is 0. The zero-order valence-corrected chi connectivity index (χ0v) is 8.58. The largest absolute Gasteiger partial charge is 0.384 e. The molecule has 1 saturated heterocycles. The van der Waals surface area contributed by atoms with Crippen molar-refractivity contribution in [3.63, 3.8) is 0 Å². The number of likely N-dealkylation sites (tertiary alicyclic amines) is 1. The lowest BCUT2D eigenvalue weighted by atomic mass is 10.3. The number of nitrogens with zero attached hydrogens (tertiary/aromatic N) is 1. The molecule has 1 aromatic carbocycles. The summed E-state index contributed by atoms with van der Waals surface area (Å²) in [6.45, 7) is 4.81. The number of anilines is 1. The summed E-state index contributed by atoms with van der Waals surface area (Å²) in [5, 5.41) is 3.43. The first-order chi connectivity index (χ1) is 6.95. The first-order valence-electron chi connectivity index (χ1n) is 5.46. The lowest BCUT2D eigenvalue weighted by molar-refractivity contribution is 0.352. The molecule has 2 rings (SSSR count). The van der Waals surface area contributed by atoms with E-state index < -0.39 is 0 Å². The topological polar surface area (TPSA) is 15.3 Å². The van der Waals surface area contributed by atoms with Gasteiger partial charge in [-0.2, -0.15) is 0 Å². The highest BCUT2D eigenvalue weighted by Crippen LogP contribution is 2.07. The first-order valence-corrected chi connectivity index (χ1v) is 5.46. The molecule has 0 radical (unpaired) electrons. The Kier molecular flexibility index (Phi) is 3.41. The average Bonchev–Trinajstić information content (AvgIpc) is 2.72. The van der Waals surface area contributed by atoms with Crippen LogP contribution >= 0.6 is 0 Å². The second-order valence-electron chi connectivity index (χ2n) is 3.84. The van der Waals surface area contributed by atoms with Gasteiger partial charge in [0, 0.05) is 18.8 Å². The van der Waals surface area contributed by atoms with Crippen LogP contribution in [0.3, 0.4) is 0 Å². The van der Waals surface area contributed by atoms with Crippen molar-refractivity contribution < 1.29 is 0 Å². The third-order valence-electron chi connectivity index (χ3n) is 2.73. The molecule has 1 aromatic rings. The predicted molar refractivity (Wildman–Crippen MR) is 60.6 cm³/mol. The van der Waals surface area contributed by atoms with Gasteiger partial charge in [-0.1, -0.05) is 18.2 Å². The van der Waals surface area contributed by atoms with Gasteiger partial charge in [-0.05, 0) is 38.1 Å². The molecular formula is C12H18N2. The van der Waals surface area contributed by atoms with E-state index in [9.17, 15) is 0 Å². The summed E-state index contributed by atoms with van der Waals surface area (Å²) in [6, 6.07) is 10.4. The van der Waals surface area contributed by atoms with Crippen molar-refractivity contribution in [1.82, 2.24) is 4.90 Å². The van der Waals surface area contributed by atoms with Crippen LogP contribution in [0.25, 0.3) is 0 Å². The molecule has 1 aliphatic heterocycles. The molecule has 0 aliphatic carbocycles. The van der Waals surface area contributed by atoms with Crippen LogP contribution in [-0.4, -0.2) is 31.1 Å². The normalized spacial score (nSPS) is 17.1. The first kappa shape index (κ1) is 9.53. The van der Waals surface area contributed by atoms with Crippen LogP contribution < -0.4 is 5.32 Å². The molecule has 0 amide bonds. The number of nitrogens with one attached hydrogen (secondary N) is 1. The molecule has 0 unspecified atom stereocenters. The molecule has 1 aliphatic rings. The molecule has 14 heavy (non-hydrogen) atoms. The second kappa shape index (κ2) is 5.01. The van der Waals surface area contributed by atoms with Crippen molar-refractivity contribution in [2.24, 2.45) is 0 Å². The lowest BCUT2D eigenvalue weighted by Gasteiger charge is -2.15. The van der Waals surface area contributed by atoms with E-state index in [-0.39, 0.29) is 0 Å². The maximum atomic E-state index is 3.43. The molecule has 1 heterocycles. The summed E-state index contributed by atoms with van der Waals surface area (Å²) in [5.74, 6) is 0. The van der Waals surface area contributed by atoms with Crippen molar-refractivity contribution >= 4 is 5.69 Å². The van der Waals surface area contributed by atoms with Crippen molar-refractivity contribution in [3.05, 3.63) is 30.3 Å². The lowest BCUT2D eigenvalue weighted by Crippen LogP contribution is -2.25. The fraction of sp³-hybridized carbons (Fsp3) is 0.500. The Morgan fingerprint density at radius 1 is 1.07 bits per heavy atom. The molecule has 76 valence electrons. The van der Waals surface area contributed by atoms with Gasteiger partial charge in [-0.3, -0.25) is 0 Å². The minimum Gasteiger partial charge on any atom is -0.384 e. The standard InChI is InChI=1S/C12H18N2/c1-2-6-12(7-3-1)13-8-11-14-9-4-5-10-14/h1-3,6-7,13H,4-5,8-11H2. The van der Waals surface area contributed by atoms with Crippen LogP contribution in [0.15, 0.2) is 30.3 Å². The van der Waals surface area contributed by atoms with Gasteiger partial charge in [-0.15, -0.1) is 0 Å². The van der Waals surface area contributed by atoms with Gasteiger partial charge < -0.3 is 10.2 Å². The van der Waals surface area contributed by atoms with E-state index in [1.165, 1.54) is 38.2 Å². The van der Waals surface area contributed by atoms with Crippen LogP contribution in [0.2, 0.25) is 0 Å². The van der Waals surface area contributed by atoms with Crippen molar-refractivity contribution in [2.75, 3.05) is 31.5 Å². The van der Waals surface area contributed by atoms with Gasteiger partial charge in [-0.25, -0.2) is 0 Å². The van der Waals surface area contributed by atoms with Gasteiger partial charge >= 0.3 is 0 Å². The van der Waals surface area contributed by atoms with E-state index in [1.807, 2.05) is 6.07 Å². The third kappa shape index (κ3) is 2.74. The van der Waals surface area contributed by atoms with Crippen LogP contribution in [0, 0.1) is 0 Å². The Morgan fingerprint density at radius 3 is 2.50 bits per heavy atom. The van der Waals surface area contributed by atoms with E-state index in [0.29, 0.717) is 0 Å². The fourth-order valence-corrected chi connectivity index (χ4v) is 1.92. The molecule has 0 saturated carbocycles. The minimum absolute atomic E-state index is 1.06. The van der Waals surface area contributed by atoms with Gasteiger partial charge in [0.1, 0.15) is 0 Å². The fourth-order valence-electron chi connectivity index (χ4n) is 1.92. The molecule has 2 heteroatoms. The summed E-state index contributed by atoms with van der Waals surface area (Å²) in [5.41, 5.74) is 1.23. The van der Waals surface area contributed by atoms with Gasteiger partial charge in [0.15, 0.2) is 0 Å². The SMILES string of the molecule is c1ccc(NCCN2CCCC2)cc1. The zero-order chi connectivity index (χ0) is 9.64. The summed E-state index contributed by atoms with van der Waals surface area (Å²) in [4.78, 5) is 2.52. The average molecular weight is 190 g/mol. The number of benzene rings is 1. The Hall–Kier alpha value is -1.02. The highest BCUT2D eigenvalue weighted by atomic mass is 15.1. The van der Waals surface area contributed by atoms with Crippen LogP contribution in [-0.2, 0) is 0 Å². The van der Waals surface area contributed by atoms with Gasteiger partial charge in [0.25, 0.3) is 0 Å². The highest BCUT2D eigenvalue weighted by Gasteiger charge is 2.09. The summed E-state index contributed by atoms with van der Waals surface area (Å²) in [7, 11) is 0. The molecule has 0 spiro atoms. The molecule has 2 nitrogen and oxygen atoms in total. The van der Waals surface area contributed by atoms with E-state index in [4.69, 9.17) is 0 Å². The van der Waals surface area contributed by atoms with Crippen LogP contribution in [0.1, 0.15) is 12.8 Å². The Morgan fingerprint density at radius 2 is 1.79 bits per heavy atom. The molecule has 1 N–H and O–H groups in total. The van der Waals surface area contributed by atoms with E-state index in [2.05, 4.69) is 34.5 Å². The van der Waals surface area contributed by atoms with Crippen LogP contribution in [0.4, 0.5) is 5.69 Å². The Balaban J connectivity index is 1.67. The predicted octanol–water partition coefficient (Wildman–Crippen LogP) is 2.19. The molecule has 0 bridgehead atoms. The van der Waals surface area contributed by atoms with E-state index >= 15 is 0 Å². The Labute approximate surface area is 85.9 Å². The Bertz CT molecular complexity index is 252. The molecule has 0 atom stereocenters. The molecule has 1 fully saturated rings. The monoisotopic (exact) mass is 190 g/mol. The maximum Gasteiger partial charge on any atom is 0.0340 e. The second-order valence-corrected chi connectivity index (χ2v) is 3.84. The number of rotatable bonds is 4. The van der Waals surface area contributed by atoms with Crippen molar-refractivity contribution in [2.45, 2.75) is 12.8 Å². The van der Waals surface area contributed by atoms with Crippen LogP contribution in [0.5, 0.6) is 0 Å². The summed E-state index contributed by atoms with van der Waals surface area (Å²) >= 11 is 0. The minimum atomic E-state index is 1.06.